The van der Waals surface area contributed by atoms with Crippen molar-refractivity contribution < 1.29 is 24.2 Å². The van der Waals surface area contributed by atoms with Crippen LogP contribution in [0.3, 0.4) is 0 Å². The molecule has 3 N–H and O–H groups in total. The number of hydrogen-bond donors (Lipinski definition) is 3. The van der Waals surface area contributed by atoms with E-state index in [-0.39, 0.29) is 5.75 Å². The number of anilines is 1. The number of phenols is 1. The Bertz CT molecular complexity index is 1280. The molecule has 0 heterocycles. The number of amides is 3. The molecule has 3 amide bonds. The SMILES string of the molecule is CCCCCN(C(=O)C(C)NC(=O)OC(C)(C)C)C(C(=O)Nc1ccc2ccccc2c1)c1ccc(O)cc1. The minimum atomic E-state index is -0.996. The summed E-state index contributed by atoms with van der Waals surface area (Å²) in [5.74, 6) is -0.759. The number of carbonyl (C=O) groups excluding carboxylic acids is 3. The Kier molecular flexibility index (Phi) is 9.93. The van der Waals surface area contributed by atoms with E-state index < -0.39 is 35.6 Å². The molecule has 2 unspecified atom stereocenters. The van der Waals surface area contributed by atoms with Crippen LogP contribution in [0.5, 0.6) is 5.75 Å². The second-order valence-corrected chi connectivity index (χ2v) is 10.7. The molecule has 0 radical (unpaired) electrons. The predicted molar refractivity (Wildman–Crippen MR) is 153 cm³/mol. The molecular weight excluding hydrogens is 494 g/mol. The Morgan fingerprint density at radius 1 is 0.949 bits per heavy atom. The molecule has 0 saturated heterocycles. The molecule has 0 aromatic heterocycles. The molecule has 0 aliphatic rings. The molecule has 3 rings (SSSR count). The Morgan fingerprint density at radius 2 is 1.62 bits per heavy atom. The standard InChI is InChI=1S/C31H39N3O5/c1-6-7-10-19-34(29(37)21(2)32-30(38)39-31(3,4)5)27(23-14-17-26(35)18-15-23)28(36)33-25-16-13-22-11-8-9-12-24(22)20-25/h8-9,11-18,20-21,27,35H,6-7,10,19H2,1-5H3,(H,32,38)(H,33,36). The summed E-state index contributed by atoms with van der Waals surface area (Å²) in [6, 6.07) is 17.8. The minimum Gasteiger partial charge on any atom is -0.508 e. The van der Waals surface area contributed by atoms with Crippen LogP contribution in [0.4, 0.5) is 10.5 Å². The first-order valence-electron chi connectivity index (χ1n) is 13.4. The number of aromatic hydroxyl groups is 1. The lowest BCUT2D eigenvalue weighted by molar-refractivity contribution is -0.140. The van der Waals surface area contributed by atoms with Crippen LogP contribution in [0, 0.1) is 0 Å². The van der Waals surface area contributed by atoms with Crippen molar-refractivity contribution in [1.29, 1.82) is 0 Å². The van der Waals surface area contributed by atoms with Crippen LogP contribution < -0.4 is 10.6 Å². The molecular formula is C31H39N3O5. The highest BCUT2D eigenvalue weighted by atomic mass is 16.6. The Hall–Kier alpha value is -4.07. The average molecular weight is 534 g/mol. The number of alkyl carbamates (subject to hydrolysis) is 1. The normalized spacial score (nSPS) is 12.8. The summed E-state index contributed by atoms with van der Waals surface area (Å²) in [6.45, 7) is 9.18. The van der Waals surface area contributed by atoms with Crippen LogP contribution in [-0.2, 0) is 14.3 Å². The van der Waals surface area contributed by atoms with Gasteiger partial charge in [0.05, 0.1) is 0 Å². The van der Waals surface area contributed by atoms with E-state index in [0.29, 0.717) is 24.2 Å². The van der Waals surface area contributed by atoms with Gasteiger partial charge in [-0.2, -0.15) is 0 Å². The van der Waals surface area contributed by atoms with Crippen molar-refractivity contribution in [3.05, 3.63) is 72.3 Å². The lowest BCUT2D eigenvalue weighted by Crippen LogP contribution is -2.51. The van der Waals surface area contributed by atoms with Gasteiger partial charge in [-0.3, -0.25) is 9.59 Å². The van der Waals surface area contributed by atoms with Gasteiger partial charge in [-0.05, 0) is 74.7 Å². The molecule has 0 spiro atoms. The summed E-state index contributed by atoms with van der Waals surface area (Å²) in [5, 5.41) is 17.5. The van der Waals surface area contributed by atoms with Crippen molar-refractivity contribution in [3.8, 4) is 5.75 Å². The number of nitrogens with one attached hydrogen (secondary N) is 2. The first kappa shape index (κ1) is 29.5. The highest BCUT2D eigenvalue weighted by Crippen LogP contribution is 2.27. The van der Waals surface area contributed by atoms with E-state index in [1.165, 1.54) is 17.0 Å². The zero-order valence-corrected chi connectivity index (χ0v) is 23.4. The average Bonchev–Trinajstić information content (AvgIpc) is 2.87. The van der Waals surface area contributed by atoms with Gasteiger partial charge in [-0.1, -0.05) is 62.2 Å². The molecule has 0 bridgehead atoms. The molecule has 8 nitrogen and oxygen atoms in total. The number of fused-ring (bicyclic) bond motifs is 1. The minimum absolute atomic E-state index is 0.0521. The monoisotopic (exact) mass is 533 g/mol. The predicted octanol–water partition coefficient (Wildman–Crippen LogP) is 6.16. The molecule has 3 aromatic rings. The quantitative estimate of drug-likeness (QED) is 0.271. The second kappa shape index (κ2) is 13.1. The molecule has 3 aromatic carbocycles. The summed E-state index contributed by atoms with van der Waals surface area (Å²) < 4.78 is 5.33. The van der Waals surface area contributed by atoms with E-state index in [4.69, 9.17) is 4.74 Å². The Labute approximate surface area is 230 Å². The van der Waals surface area contributed by atoms with Gasteiger partial charge in [0.2, 0.25) is 5.91 Å². The molecule has 208 valence electrons. The van der Waals surface area contributed by atoms with E-state index in [9.17, 15) is 19.5 Å². The van der Waals surface area contributed by atoms with Gasteiger partial charge in [-0.25, -0.2) is 4.79 Å². The lowest BCUT2D eigenvalue weighted by atomic mass is 10.0. The first-order chi connectivity index (χ1) is 18.5. The lowest BCUT2D eigenvalue weighted by Gasteiger charge is -2.33. The van der Waals surface area contributed by atoms with E-state index in [0.717, 1.165) is 23.6 Å². The van der Waals surface area contributed by atoms with E-state index in [1.54, 1.807) is 39.8 Å². The maximum Gasteiger partial charge on any atom is 0.408 e. The maximum absolute atomic E-state index is 13.9. The molecule has 0 fully saturated rings. The van der Waals surface area contributed by atoms with Crippen molar-refractivity contribution in [2.45, 2.75) is 71.6 Å². The van der Waals surface area contributed by atoms with Gasteiger partial charge in [0, 0.05) is 12.2 Å². The van der Waals surface area contributed by atoms with Gasteiger partial charge >= 0.3 is 6.09 Å². The zero-order valence-electron chi connectivity index (χ0n) is 23.4. The number of nitrogens with zero attached hydrogens (tertiary/aromatic N) is 1. The van der Waals surface area contributed by atoms with Crippen molar-refractivity contribution in [3.63, 3.8) is 0 Å². The van der Waals surface area contributed by atoms with E-state index in [2.05, 4.69) is 17.6 Å². The number of hydrogen-bond acceptors (Lipinski definition) is 5. The second-order valence-electron chi connectivity index (χ2n) is 10.7. The first-order valence-corrected chi connectivity index (χ1v) is 13.4. The van der Waals surface area contributed by atoms with Gasteiger partial charge in [0.15, 0.2) is 0 Å². The third-order valence-electron chi connectivity index (χ3n) is 6.18. The molecule has 2 atom stereocenters. The fourth-order valence-electron chi connectivity index (χ4n) is 4.30. The molecule has 8 heteroatoms. The summed E-state index contributed by atoms with van der Waals surface area (Å²) in [6.07, 6.45) is 1.77. The summed E-state index contributed by atoms with van der Waals surface area (Å²) >= 11 is 0. The topological polar surface area (TPSA) is 108 Å². The van der Waals surface area contributed by atoms with Gasteiger partial charge in [-0.15, -0.1) is 0 Å². The van der Waals surface area contributed by atoms with Crippen LogP contribution >= 0.6 is 0 Å². The van der Waals surface area contributed by atoms with Crippen molar-refractivity contribution in [1.82, 2.24) is 10.2 Å². The highest BCUT2D eigenvalue weighted by molar-refractivity contribution is 6.00. The highest BCUT2D eigenvalue weighted by Gasteiger charge is 2.34. The van der Waals surface area contributed by atoms with Crippen molar-refractivity contribution >= 4 is 34.4 Å². The molecule has 0 saturated carbocycles. The molecule has 0 aliphatic carbocycles. The van der Waals surface area contributed by atoms with Gasteiger partial charge in [0.1, 0.15) is 23.4 Å². The van der Waals surface area contributed by atoms with E-state index in [1.807, 2.05) is 42.5 Å². The van der Waals surface area contributed by atoms with Crippen LogP contribution in [-0.4, -0.2) is 46.1 Å². The van der Waals surface area contributed by atoms with Gasteiger partial charge < -0.3 is 25.4 Å². The van der Waals surface area contributed by atoms with Gasteiger partial charge in [0.25, 0.3) is 5.91 Å². The largest absolute Gasteiger partial charge is 0.508 e. The van der Waals surface area contributed by atoms with Crippen LogP contribution in [0.2, 0.25) is 0 Å². The molecule has 0 aliphatic heterocycles. The van der Waals surface area contributed by atoms with Crippen LogP contribution in [0.1, 0.15) is 65.5 Å². The fraction of sp³-hybridized carbons (Fsp3) is 0.387. The number of carbonyl (C=O) groups is 3. The zero-order chi connectivity index (χ0) is 28.6. The van der Waals surface area contributed by atoms with Crippen molar-refractivity contribution in [2.75, 3.05) is 11.9 Å². The third-order valence-corrected chi connectivity index (χ3v) is 6.18. The van der Waals surface area contributed by atoms with E-state index >= 15 is 0 Å². The maximum atomic E-state index is 13.9. The summed E-state index contributed by atoms with van der Waals surface area (Å²) in [7, 11) is 0. The van der Waals surface area contributed by atoms with Crippen LogP contribution in [0.15, 0.2) is 66.7 Å². The van der Waals surface area contributed by atoms with Crippen LogP contribution in [0.25, 0.3) is 10.8 Å². The smallest absolute Gasteiger partial charge is 0.408 e. The Balaban J connectivity index is 1.94. The number of benzene rings is 3. The Morgan fingerprint density at radius 3 is 2.26 bits per heavy atom. The third kappa shape index (κ3) is 8.46. The number of ether oxygens (including phenoxy) is 1. The summed E-state index contributed by atoms with van der Waals surface area (Å²) in [4.78, 5) is 41.5. The molecule has 39 heavy (non-hydrogen) atoms. The number of unbranched alkanes of at least 4 members (excludes halogenated alkanes) is 2. The summed E-state index contributed by atoms with van der Waals surface area (Å²) in [5.41, 5.74) is 0.422. The number of phenolic OH excluding ortho intramolecular Hbond substituents is 1. The fourth-order valence-corrected chi connectivity index (χ4v) is 4.30. The number of rotatable bonds is 10. The van der Waals surface area contributed by atoms with Crippen molar-refractivity contribution in [2.24, 2.45) is 0 Å².